The van der Waals surface area contributed by atoms with Gasteiger partial charge in [-0.1, -0.05) is 38.0 Å². The standard InChI is InChI=1S/C15H24N2O2S/c1-12-7-3-5-9-14(12)17-20(18,19)15-10-6-4-8-13(15)11-16-2/h4,6,8,10,12,14,16-17H,3,5,7,9,11H2,1-2H3. The van der Waals surface area contributed by atoms with Crippen LogP contribution in [0.2, 0.25) is 0 Å². The highest BCUT2D eigenvalue weighted by molar-refractivity contribution is 7.89. The van der Waals surface area contributed by atoms with Crippen molar-refractivity contribution in [2.45, 2.75) is 50.1 Å². The molecule has 0 spiro atoms. The van der Waals surface area contributed by atoms with E-state index < -0.39 is 10.0 Å². The van der Waals surface area contributed by atoms with E-state index in [2.05, 4.69) is 17.0 Å². The maximum atomic E-state index is 12.6. The molecule has 2 N–H and O–H groups in total. The van der Waals surface area contributed by atoms with Crippen LogP contribution in [0.15, 0.2) is 29.2 Å². The second-order valence-electron chi connectivity index (χ2n) is 5.63. The van der Waals surface area contributed by atoms with Gasteiger partial charge in [-0.05, 0) is 37.4 Å². The van der Waals surface area contributed by atoms with E-state index in [0.717, 1.165) is 24.8 Å². The molecule has 0 radical (unpaired) electrons. The lowest BCUT2D eigenvalue weighted by molar-refractivity contribution is 0.310. The summed E-state index contributed by atoms with van der Waals surface area (Å²) in [4.78, 5) is 0.395. The molecule has 0 saturated heterocycles. The van der Waals surface area contributed by atoms with Gasteiger partial charge in [0.1, 0.15) is 0 Å². The molecule has 5 heteroatoms. The van der Waals surface area contributed by atoms with E-state index in [-0.39, 0.29) is 6.04 Å². The largest absolute Gasteiger partial charge is 0.316 e. The van der Waals surface area contributed by atoms with Gasteiger partial charge in [-0.25, -0.2) is 13.1 Å². The van der Waals surface area contributed by atoms with E-state index in [0.29, 0.717) is 17.4 Å². The minimum atomic E-state index is -3.44. The molecule has 0 aromatic heterocycles. The molecule has 0 heterocycles. The topological polar surface area (TPSA) is 58.2 Å². The van der Waals surface area contributed by atoms with Gasteiger partial charge in [0.05, 0.1) is 4.90 Å². The van der Waals surface area contributed by atoms with Crippen molar-refractivity contribution in [1.29, 1.82) is 0 Å². The Balaban J connectivity index is 2.21. The lowest BCUT2D eigenvalue weighted by atomic mass is 9.87. The Morgan fingerprint density at radius 2 is 1.90 bits per heavy atom. The summed E-state index contributed by atoms with van der Waals surface area (Å²) in [6.07, 6.45) is 4.35. The van der Waals surface area contributed by atoms with E-state index >= 15 is 0 Å². The molecule has 1 aromatic carbocycles. The van der Waals surface area contributed by atoms with Crippen molar-refractivity contribution >= 4 is 10.0 Å². The van der Waals surface area contributed by atoms with Gasteiger partial charge in [-0.3, -0.25) is 0 Å². The van der Waals surface area contributed by atoms with Crippen LogP contribution in [0.1, 0.15) is 38.2 Å². The number of nitrogens with one attached hydrogen (secondary N) is 2. The summed E-state index contributed by atoms with van der Waals surface area (Å²) in [5.41, 5.74) is 0.811. The molecule has 2 rings (SSSR count). The van der Waals surface area contributed by atoms with Crippen molar-refractivity contribution < 1.29 is 8.42 Å². The Morgan fingerprint density at radius 3 is 2.60 bits per heavy atom. The van der Waals surface area contributed by atoms with E-state index in [9.17, 15) is 8.42 Å². The van der Waals surface area contributed by atoms with Crippen molar-refractivity contribution in [2.75, 3.05) is 7.05 Å². The molecule has 2 unspecified atom stereocenters. The van der Waals surface area contributed by atoms with Gasteiger partial charge in [-0.15, -0.1) is 0 Å². The monoisotopic (exact) mass is 296 g/mol. The Bertz CT molecular complexity index is 543. The first-order valence-electron chi connectivity index (χ1n) is 7.29. The Hall–Kier alpha value is -0.910. The molecule has 20 heavy (non-hydrogen) atoms. The third kappa shape index (κ3) is 3.59. The van der Waals surface area contributed by atoms with Gasteiger partial charge < -0.3 is 5.32 Å². The van der Waals surface area contributed by atoms with Crippen LogP contribution in [0.25, 0.3) is 0 Å². The fourth-order valence-corrected chi connectivity index (χ4v) is 4.48. The zero-order valence-corrected chi connectivity index (χ0v) is 13.0. The molecule has 0 aliphatic heterocycles. The van der Waals surface area contributed by atoms with Crippen LogP contribution in [0.4, 0.5) is 0 Å². The maximum Gasteiger partial charge on any atom is 0.241 e. The third-order valence-corrected chi connectivity index (χ3v) is 5.64. The molecule has 1 aliphatic carbocycles. The van der Waals surface area contributed by atoms with Crippen molar-refractivity contribution in [2.24, 2.45) is 5.92 Å². The van der Waals surface area contributed by atoms with Crippen LogP contribution in [-0.4, -0.2) is 21.5 Å². The molecule has 0 amide bonds. The fraction of sp³-hybridized carbons (Fsp3) is 0.600. The quantitative estimate of drug-likeness (QED) is 0.876. The van der Waals surface area contributed by atoms with Crippen LogP contribution < -0.4 is 10.0 Å². The Kier molecular flexibility index (Phi) is 5.18. The fourth-order valence-electron chi connectivity index (χ4n) is 2.86. The van der Waals surface area contributed by atoms with Gasteiger partial charge in [0, 0.05) is 12.6 Å². The summed E-state index contributed by atoms with van der Waals surface area (Å²) in [6.45, 7) is 2.68. The van der Waals surface area contributed by atoms with Gasteiger partial charge in [0.25, 0.3) is 0 Å². The van der Waals surface area contributed by atoms with E-state index in [1.165, 1.54) is 6.42 Å². The number of rotatable bonds is 5. The second kappa shape index (κ2) is 6.70. The van der Waals surface area contributed by atoms with Crippen LogP contribution in [-0.2, 0) is 16.6 Å². The first-order chi connectivity index (χ1) is 9.54. The average molecular weight is 296 g/mol. The van der Waals surface area contributed by atoms with Crippen LogP contribution in [0, 0.1) is 5.92 Å². The van der Waals surface area contributed by atoms with Crippen LogP contribution in [0.3, 0.4) is 0 Å². The Labute approximate surface area is 122 Å². The van der Waals surface area contributed by atoms with Crippen LogP contribution >= 0.6 is 0 Å². The lowest BCUT2D eigenvalue weighted by Gasteiger charge is -2.29. The highest BCUT2D eigenvalue weighted by Gasteiger charge is 2.27. The number of hydrogen-bond acceptors (Lipinski definition) is 3. The minimum Gasteiger partial charge on any atom is -0.316 e. The highest BCUT2D eigenvalue weighted by Crippen LogP contribution is 2.26. The van der Waals surface area contributed by atoms with E-state index in [1.54, 1.807) is 12.1 Å². The first-order valence-corrected chi connectivity index (χ1v) is 8.78. The predicted molar refractivity (Wildman–Crippen MR) is 80.9 cm³/mol. The van der Waals surface area contributed by atoms with Crippen molar-refractivity contribution in [3.8, 4) is 0 Å². The van der Waals surface area contributed by atoms with Gasteiger partial charge in [0.15, 0.2) is 0 Å². The molecular weight excluding hydrogens is 272 g/mol. The second-order valence-corrected chi connectivity index (χ2v) is 7.31. The third-order valence-electron chi connectivity index (χ3n) is 4.05. The molecule has 112 valence electrons. The first kappa shape index (κ1) is 15.5. The molecule has 4 nitrogen and oxygen atoms in total. The Morgan fingerprint density at radius 1 is 1.20 bits per heavy atom. The van der Waals surface area contributed by atoms with Crippen LogP contribution in [0.5, 0.6) is 0 Å². The van der Waals surface area contributed by atoms with Crippen molar-refractivity contribution in [3.63, 3.8) is 0 Å². The van der Waals surface area contributed by atoms with Gasteiger partial charge >= 0.3 is 0 Å². The highest BCUT2D eigenvalue weighted by atomic mass is 32.2. The summed E-state index contributed by atoms with van der Waals surface area (Å²) in [5.74, 6) is 0.412. The number of sulfonamides is 1. The van der Waals surface area contributed by atoms with Gasteiger partial charge in [0.2, 0.25) is 10.0 Å². The summed E-state index contributed by atoms with van der Waals surface area (Å²) in [5, 5.41) is 3.02. The average Bonchev–Trinajstić information content (AvgIpc) is 2.42. The zero-order chi connectivity index (χ0) is 14.6. The molecule has 2 atom stereocenters. The number of hydrogen-bond donors (Lipinski definition) is 2. The molecule has 1 aliphatic rings. The molecule has 1 aromatic rings. The van der Waals surface area contributed by atoms with Gasteiger partial charge in [-0.2, -0.15) is 0 Å². The van der Waals surface area contributed by atoms with Crippen molar-refractivity contribution in [3.05, 3.63) is 29.8 Å². The molecule has 1 saturated carbocycles. The lowest BCUT2D eigenvalue weighted by Crippen LogP contribution is -2.41. The van der Waals surface area contributed by atoms with Crippen molar-refractivity contribution in [1.82, 2.24) is 10.0 Å². The van der Waals surface area contributed by atoms with E-state index in [1.807, 2.05) is 19.2 Å². The zero-order valence-electron chi connectivity index (χ0n) is 12.2. The summed E-state index contributed by atoms with van der Waals surface area (Å²) in [6, 6.07) is 7.25. The predicted octanol–water partition coefficient (Wildman–Crippen LogP) is 2.26. The molecule has 1 fully saturated rings. The SMILES string of the molecule is CNCc1ccccc1S(=O)(=O)NC1CCCCC1C. The smallest absolute Gasteiger partial charge is 0.241 e. The summed E-state index contributed by atoms with van der Waals surface area (Å²) in [7, 11) is -1.62. The molecule has 0 bridgehead atoms. The maximum absolute atomic E-state index is 12.6. The minimum absolute atomic E-state index is 0.0661. The normalized spacial score (nSPS) is 23.7. The molecular formula is C15H24N2O2S. The number of benzene rings is 1. The summed E-state index contributed by atoms with van der Waals surface area (Å²) >= 11 is 0. The summed E-state index contributed by atoms with van der Waals surface area (Å²) < 4.78 is 28.1. The van der Waals surface area contributed by atoms with E-state index in [4.69, 9.17) is 0 Å².